The van der Waals surface area contributed by atoms with Crippen LogP contribution >= 0.6 is 23.2 Å². The smallest absolute Gasteiger partial charge is 0.375 e. The van der Waals surface area contributed by atoms with Gasteiger partial charge in [0.05, 0.1) is 6.10 Å². The minimum absolute atomic E-state index is 0.149. The fourth-order valence-corrected chi connectivity index (χ4v) is 1.74. The second kappa shape index (κ2) is 6.03. The Kier molecular flexibility index (Phi) is 4.97. The molecule has 0 heterocycles. The summed E-state index contributed by atoms with van der Waals surface area (Å²) in [5.41, 5.74) is 0.446. The molecule has 0 fully saturated rings. The molecule has 0 radical (unpaired) electrons. The van der Waals surface area contributed by atoms with E-state index in [1.807, 2.05) is 0 Å². The lowest BCUT2D eigenvalue weighted by Crippen LogP contribution is -2.22. The molecule has 17 heavy (non-hydrogen) atoms. The van der Waals surface area contributed by atoms with Crippen LogP contribution in [0.25, 0.3) is 0 Å². The second-order valence-electron chi connectivity index (χ2n) is 3.75. The molecule has 0 atom stereocenters. The first-order valence-electron chi connectivity index (χ1n) is 5.08. The molecular formula is C12H12Cl2O3. The summed E-state index contributed by atoms with van der Waals surface area (Å²) in [6, 6.07) is 4.90. The molecule has 0 saturated carbocycles. The molecule has 0 amide bonds. The molecule has 0 spiro atoms. The van der Waals surface area contributed by atoms with Gasteiger partial charge in [-0.25, -0.2) is 4.79 Å². The zero-order chi connectivity index (χ0) is 13.0. The van der Waals surface area contributed by atoms with Crippen LogP contribution in [0.3, 0.4) is 0 Å². The number of esters is 1. The van der Waals surface area contributed by atoms with Gasteiger partial charge in [-0.3, -0.25) is 4.79 Å². The number of carbonyl (C=O) groups is 2. The Morgan fingerprint density at radius 3 is 2.24 bits per heavy atom. The summed E-state index contributed by atoms with van der Waals surface area (Å²) in [5, 5.41) is 0.728. The Morgan fingerprint density at radius 2 is 1.76 bits per heavy atom. The van der Waals surface area contributed by atoms with E-state index in [4.69, 9.17) is 27.9 Å². The lowest BCUT2D eigenvalue weighted by molar-refractivity contribution is -0.156. The summed E-state index contributed by atoms with van der Waals surface area (Å²) in [6.07, 6.45) is -0.475. The Balaban J connectivity index is 2.78. The van der Waals surface area contributed by atoms with Crippen molar-refractivity contribution in [3.63, 3.8) is 0 Å². The number of ether oxygens (including phenoxy) is 1. The number of ketones is 1. The van der Waals surface area contributed by atoms with Gasteiger partial charge in [-0.2, -0.15) is 0 Å². The van der Waals surface area contributed by atoms with Crippen molar-refractivity contribution < 1.29 is 14.3 Å². The summed E-state index contributed by atoms with van der Waals surface area (Å²) in [7, 11) is 0. The summed E-state index contributed by atoms with van der Waals surface area (Å²) in [5.74, 6) is -1.52. The van der Waals surface area contributed by atoms with E-state index < -0.39 is 11.8 Å². The Bertz CT molecular complexity index is 421. The highest BCUT2D eigenvalue weighted by Gasteiger charge is 2.19. The fourth-order valence-electron chi connectivity index (χ4n) is 1.21. The number of rotatable bonds is 4. The average Bonchev–Trinajstić information content (AvgIpc) is 2.22. The zero-order valence-electron chi connectivity index (χ0n) is 9.50. The van der Waals surface area contributed by atoms with Crippen LogP contribution in [0.4, 0.5) is 0 Å². The zero-order valence-corrected chi connectivity index (χ0v) is 11.0. The Hall–Kier alpha value is -1.06. The maximum atomic E-state index is 11.6. The van der Waals surface area contributed by atoms with Gasteiger partial charge >= 0.3 is 5.97 Å². The Morgan fingerprint density at radius 1 is 1.24 bits per heavy atom. The minimum Gasteiger partial charge on any atom is -0.457 e. The first kappa shape index (κ1) is 14.0. The molecule has 3 nitrogen and oxygen atoms in total. The highest BCUT2D eigenvalue weighted by Crippen LogP contribution is 2.24. The molecule has 0 bridgehead atoms. The Labute approximate surface area is 110 Å². The van der Waals surface area contributed by atoms with Crippen molar-refractivity contribution >= 4 is 35.0 Å². The molecule has 0 aliphatic carbocycles. The van der Waals surface area contributed by atoms with E-state index in [0.29, 0.717) is 15.6 Å². The molecular weight excluding hydrogens is 263 g/mol. The van der Waals surface area contributed by atoms with Crippen LogP contribution in [0.15, 0.2) is 18.2 Å². The molecule has 0 aliphatic rings. The van der Waals surface area contributed by atoms with Gasteiger partial charge in [-0.1, -0.05) is 29.3 Å². The maximum Gasteiger partial charge on any atom is 0.375 e. The van der Waals surface area contributed by atoms with Gasteiger partial charge in [0.25, 0.3) is 0 Å². The van der Waals surface area contributed by atoms with Crippen molar-refractivity contribution in [2.24, 2.45) is 0 Å². The van der Waals surface area contributed by atoms with Crippen LogP contribution in [0.1, 0.15) is 19.4 Å². The van der Waals surface area contributed by atoms with Gasteiger partial charge in [0.1, 0.15) is 0 Å². The van der Waals surface area contributed by atoms with Gasteiger partial charge in [-0.05, 0) is 31.5 Å². The van der Waals surface area contributed by atoms with Crippen LogP contribution in [-0.2, 0) is 20.7 Å². The second-order valence-corrected chi connectivity index (χ2v) is 4.57. The van der Waals surface area contributed by atoms with E-state index in [0.717, 1.165) is 0 Å². The third-order valence-electron chi connectivity index (χ3n) is 1.97. The lowest BCUT2D eigenvalue weighted by atomic mass is 10.1. The molecule has 5 heteroatoms. The number of hydrogen-bond acceptors (Lipinski definition) is 3. The molecule has 1 aromatic carbocycles. The van der Waals surface area contributed by atoms with Crippen molar-refractivity contribution in [2.75, 3.05) is 0 Å². The monoisotopic (exact) mass is 274 g/mol. The number of halogens is 2. The van der Waals surface area contributed by atoms with Crippen LogP contribution in [-0.4, -0.2) is 17.9 Å². The summed E-state index contributed by atoms with van der Waals surface area (Å²) in [6.45, 7) is 3.35. The predicted octanol–water partition coefficient (Wildman–Crippen LogP) is 3.06. The molecule has 92 valence electrons. The van der Waals surface area contributed by atoms with E-state index in [1.54, 1.807) is 32.0 Å². The van der Waals surface area contributed by atoms with Gasteiger partial charge in [0.15, 0.2) is 0 Å². The van der Waals surface area contributed by atoms with Gasteiger partial charge in [-0.15, -0.1) is 0 Å². The van der Waals surface area contributed by atoms with E-state index in [1.165, 1.54) is 0 Å². The van der Waals surface area contributed by atoms with E-state index in [2.05, 4.69) is 0 Å². The normalized spacial score (nSPS) is 10.4. The van der Waals surface area contributed by atoms with Gasteiger partial charge in [0, 0.05) is 16.5 Å². The topological polar surface area (TPSA) is 43.4 Å². The summed E-state index contributed by atoms with van der Waals surface area (Å²) >= 11 is 11.8. The maximum absolute atomic E-state index is 11.6. The van der Waals surface area contributed by atoms with Crippen LogP contribution < -0.4 is 0 Å². The van der Waals surface area contributed by atoms with Crippen LogP contribution in [0.2, 0.25) is 10.0 Å². The first-order chi connectivity index (χ1) is 7.91. The minimum atomic E-state index is -0.865. The predicted molar refractivity (Wildman–Crippen MR) is 66.4 cm³/mol. The van der Waals surface area contributed by atoms with Gasteiger partial charge < -0.3 is 4.74 Å². The van der Waals surface area contributed by atoms with Crippen molar-refractivity contribution in [1.82, 2.24) is 0 Å². The number of Topliss-reactive ketones (excluding diaryl/α,β-unsaturated/α-hetero) is 1. The molecule has 0 unspecified atom stereocenters. The summed E-state index contributed by atoms with van der Waals surface area (Å²) < 4.78 is 4.79. The average molecular weight is 275 g/mol. The van der Waals surface area contributed by atoms with Crippen molar-refractivity contribution in [3.8, 4) is 0 Å². The van der Waals surface area contributed by atoms with E-state index in [9.17, 15) is 9.59 Å². The quantitative estimate of drug-likeness (QED) is 0.626. The third kappa shape index (κ3) is 4.02. The third-order valence-corrected chi connectivity index (χ3v) is 2.68. The van der Waals surface area contributed by atoms with Crippen molar-refractivity contribution in [2.45, 2.75) is 26.4 Å². The van der Waals surface area contributed by atoms with E-state index in [-0.39, 0.29) is 12.5 Å². The van der Waals surface area contributed by atoms with Crippen LogP contribution in [0, 0.1) is 0 Å². The molecule has 0 N–H and O–H groups in total. The highest BCUT2D eigenvalue weighted by molar-refractivity contribution is 6.38. The van der Waals surface area contributed by atoms with Crippen molar-refractivity contribution in [3.05, 3.63) is 33.8 Å². The molecule has 0 aromatic heterocycles. The number of carbonyl (C=O) groups excluding carboxylic acids is 2. The lowest BCUT2D eigenvalue weighted by Gasteiger charge is -2.08. The molecule has 0 saturated heterocycles. The largest absolute Gasteiger partial charge is 0.457 e. The van der Waals surface area contributed by atoms with E-state index >= 15 is 0 Å². The summed E-state index contributed by atoms with van der Waals surface area (Å²) in [4.78, 5) is 22.9. The molecule has 1 aromatic rings. The fraction of sp³-hybridized carbons (Fsp3) is 0.333. The molecule has 1 rings (SSSR count). The van der Waals surface area contributed by atoms with Crippen LogP contribution in [0.5, 0.6) is 0 Å². The first-order valence-corrected chi connectivity index (χ1v) is 5.84. The highest BCUT2D eigenvalue weighted by atomic mass is 35.5. The van der Waals surface area contributed by atoms with Gasteiger partial charge in [0.2, 0.25) is 5.78 Å². The number of benzene rings is 1. The number of hydrogen-bond donors (Lipinski definition) is 0. The standard InChI is InChI=1S/C12H12Cl2O3/c1-7(2)17-12(16)11(15)6-8-9(13)4-3-5-10(8)14/h3-5,7H,6H2,1-2H3. The molecule has 0 aliphatic heterocycles. The SMILES string of the molecule is CC(C)OC(=O)C(=O)Cc1c(Cl)cccc1Cl. The van der Waals surface area contributed by atoms with Crippen molar-refractivity contribution in [1.29, 1.82) is 0 Å².